The monoisotopic (exact) mass is 366 g/mol. The predicted octanol–water partition coefficient (Wildman–Crippen LogP) is 2.79. The van der Waals surface area contributed by atoms with Crippen molar-refractivity contribution in [3.05, 3.63) is 35.9 Å². The number of para-hydroxylation sites is 2. The molecular formula is C18H26N2O4S. The number of rotatable bonds is 8. The van der Waals surface area contributed by atoms with Gasteiger partial charge < -0.3 is 10.1 Å². The molecule has 0 spiro atoms. The lowest BCUT2D eigenvalue weighted by Crippen LogP contribution is -2.38. The molecule has 0 atom stereocenters. The van der Waals surface area contributed by atoms with Crippen molar-refractivity contribution in [2.24, 2.45) is 0 Å². The zero-order valence-electron chi connectivity index (χ0n) is 14.8. The third kappa shape index (κ3) is 6.17. The van der Waals surface area contributed by atoms with Crippen LogP contribution in [-0.2, 0) is 14.8 Å². The van der Waals surface area contributed by atoms with Crippen LogP contribution in [0.15, 0.2) is 35.9 Å². The van der Waals surface area contributed by atoms with Gasteiger partial charge in [-0.3, -0.25) is 4.79 Å². The van der Waals surface area contributed by atoms with Crippen LogP contribution in [0, 0.1) is 0 Å². The molecule has 0 saturated heterocycles. The molecule has 0 saturated carbocycles. The highest BCUT2D eigenvalue weighted by Gasteiger charge is 2.21. The summed E-state index contributed by atoms with van der Waals surface area (Å²) in [7, 11) is -1.94. The molecule has 0 aliphatic heterocycles. The molecule has 1 aliphatic rings. The summed E-state index contributed by atoms with van der Waals surface area (Å²) in [5.74, 6) is 0.154. The standard InChI is InChI=1S/C18H26N2O4S/c1-24-17-11-7-6-10-16(17)19-18(21)14-20(25(2,22)23)13-12-15-8-4-3-5-9-15/h6-8,10-11H,3-5,9,12-14H2,1-2H3,(H,19,21). The van der Waals surface area contributed by atoms with Gasteiger partial charge in [-0.15, -0.1) is 0 Å². The van der Waals surface area contributed by atoms with E-state index in [4.69, 9.17) is 4.74 Å². The van der Waals surface area contributed by atoms with Crippen LogP contribution in [0.25, 0.3) is 0 Å². The van der Waals surface area contributed by atoms with E-state index in [0.29, 0.717) is 24.4 Å². The van der Waals surface area contributed by atoms with Gasteiger partial charge in [0.15, 0.2) is 0 Å². The number of nitrogens with zero attached hydrogens (tertiary/aromatic N) is 1. The van der Waals surface area contributed by atoms with Crippen LogP contribution >= 0.6 is 0 Å². The molecule has 0 bridgehead atoms. The second-order valence-electron chi connectivity index (χ2n) is 6.20. The number of amides is 1. The van der Waals surface area contributed by atoms with Crippen LogP contribution < -0.4 is 10.1 Å². The number of carbonyl (C=O) groups excluding carboxylic acids is 1. The van der Waals surface area contributed by atoms with Crippen molar-refractivity contribution in [3.8, 4) is 5.75 Å². The van der Waals surface area contributed by atoms with Gasteiger partial charge in [-0.05, 0) is 44.2 Å². The first-order valence-corrected chi connectivity index (χ1v) is 10.3. The van der Waals surface area contributed by atoms with E-state index >= 15 is 0 Å². The molecule has 0 radical (unpaired) electrons. The van der Waals surface area contributed by atoms with Crippen molar-refractivity contribution < 1.29 is 17.9 Å². The van der Waals surface area contributed by atoms with Gasteiger partial charge in [-0.1, -0.05) is 23.8 Å². The van der Waals surface area contributed by atoms with Crippen LogP contribution in [0.4, 0.5) is 5.69 Å². The van der Waals surface area contributed by atoms with Gasteiger partial charge in [-0.25, -0.2) is 8.42 Å². The van der Waals surface area contributed by atoms with E-state index in [9.17, 15) is 13.2 Å². The van der Waals surface area contributed by atoms with Crippen LogP contribution in [0.5, 0.6) is 5.75 Å². The van der Waals surface area contributed by atoms with Gasteiger partial charge in [0.05, 0.1) is 25.6 Å². The number of hydrogen-bond acceptors (Lipinski definition) is 4. The Labute approximate surface area is 149 Å². The topological polar surface area (TPSA) is 75.7 Å². The number of allylic oxidation sites excluding steroid dienone is 1. The molecule has 7 heteroatoms. The first-order valence-electron chi connectivity index (χ1n) is 8.46. The van der Waals surface area contributed by atoms with E-state index in [1.165, 1.54) is 23.4 Å². The minimum Gasteiger partial charge on any atom is -0.495 e. The number of hydrogen-bond donors (Lipinski definition) is 1. The number of methoxy groups -OCH3 is 1. The fourth-order valence-corrected chi connectivity index (χ4v) is 3.63. The fraction of sp³-hybridized carbons (Fsp3) is 0.500. The normalized spacial score (nSPS) is 14.9. The third-order valence-corrected chi connectivity index (χ3v) is 5.49. The first-order chi connectivity index (χ1) is 11.9. The lowest BCUT2D eigenvalue weighted by molar-refractivity contribution is -0.116. The summed E-state index contributed by atoms with van der Waals surface area (Å²) < 4.78 is 30.5. The maximum absolute atomic E-state index is 12.3. The van der Waals surface area contributed by atoms with Crippen LogP contribution in [0.3, 0.4) is 0 Å². The van der Waals surface area contributed by atoms with Crippen molar-refractivity contribution in [3.63, 3.8) is 0 Å². The number of ether oxygens (including phenoxy) is 1. The van der Waals surface area contributed by atoms with E-state index in [2.05, 4.69) is 11.4 Å². The van der Waals surface area contributed by atoms with Gasteiger partial charge in [0.1, 0.15) is 5.75 Å². The maximum atomic E-state index is 12.3. The number of sulfonamides is 1. The van der Waals surface area contributed by atoms with Crippen molar-refractivity contribution in [2.45, 2.75) is 32.1 Å². The van der Waals surface area contributed by atoms with E-state index in [1.54, 1.807) is 24.3 Å². The molecule has 6 nitrogen and oxygen atoms in total. The summed E-state index contributed by atoms with van der Waals surface area (Å²) in [6, 6.07) is 7.03. The Morgan fingerprint density at radius 1 is 1.28 bits per heavy atom. The Bertz CT molecular complexity index is 728. The molecule has 2 rings (SSSR count). The lowest BCUT2D eigenvalue weighted by atomic mass is 9.97. The van der Waals surface area contributed by atoms with Gasteiger partial charge in [-0.2, -0.15) is 4.31 Å². The molecule has 0 fully saturated rings. The Kier molecular flexibility index (Phi) is 7.01. The molecule has 1 N–H and O–H groups in total. The van der Waals surface area contributed by atoms with Crippen molar-refractivity contribution >= 4 is 21.6 Å². The van der Waals surface area contributed by atoms with Crippen molar-refractivity contribution in [1.82, 2.24) is 4.31 Å². The van der Waals surface area contributed by atoms with E-state index in [1.807, 2.05) is 0 Å². The minimum atomic E-state index is -3.45. The molecule has 1 aliphatic carbocycles. The summed E-state index contributed by atoms with van der Waals surface area (Å²) in [6.45, 7) is 0.119. The van der Waals surface area contributed by atoms with Gasteiger partial charge in [0, 0.05) is 6.54 Å². The van der Waals surface area contributed by atoms with Crippen LogP contribution in [0.1, 0.15) is 32.1 Å². The highest BCUT2D eigenvalue weighted by Crippen LogP contribution is 2.23. The first kappa shape index (κ1) is 19.5. The third-order valence-electron chi connectivity index (χ3n) is 4.24. The molecule has 1 aromatic carbocycles. The zero-order chi connectivity index (χ0) is 18.3. The minimum absolute atomic E-state index is 0.204. The smallest absolute Gasteiger partial charge is 0.239 e. The van der Waals surface area contributed by atoms with Gasteiger partial charge >= 0.3 is 0 Å². The van der Waals surface area contributed by atoms with Crippen LogP contribution in [-0.4, -0.2) is 45.1 Å². The summed E-state index contributed by atoms with van der Waals surface area (Å²) in [5.41, 5.74) is 1.81. The number of carbonyl (C=O) groups is 1. The average Bonchev–Trinajstić information content (AvgIpc) is 2.59. The second kappa shape index (κ2) is 9.01. The summed E-state index contributed by atoms with van der Waals surface area (Å²) in [4.78, 5) is 12.3. The molecule has 0 aromatic heterocycles. The molecule has 1 aromatic rings. The number of anilines is 1. The molecule has 138 valence electrons. The largest absolute Gasteiger partial charge is 0.495 e. The van der Waals surface area contributed by atoms with Gasteiger partial charge in [0.2, 0.25) is 15.9 Å². The Morgan fingerprint density at radius 2 is 2.04 bits per heavy atom. The quantitative estimate of drug-likeness (QED) is 0.718. The summed E-state index contributed by atoms with van der Waals surface area (Å²) in [5, 5.41) is 2.72. The SMILES string of the molecule is COc1ccccc1NC(=O)CN(CCC1=CCCCC1)S(C)(=O)=O. The molecule has 25 heavy (non-hydrogen) atoms. The highest BCUT2D eigenvalue weighted by molar-refractivity contribution is 7.88. The number of benzene rings is 1. The second-order valence-corrected chi connectivity index (χ2v) is 8.19. The van der Waals surface area contributed by atoms with E-state index in [0.717, 1.165) is 25.5 Å². The maximum Gasteiger partial charge on any atom is 0.239 e. The molecular weight excluding hydrogens is 340 g/mol. The van der Waals surface area contributed by atoms with Gasteiger partial charge in [0.25, 0.3) is 0 Å². The van der Waals surface area contributed by atoms with E-state index < -0.39 is 10.0 Å². The van der Waals surface area contributed by atoms with Crippen molar-refractivity contribution in [1.29, 1.82) is 0 Å². The van der Waals surface area contributed by atoms with Crippen molar-refractivity contribution in [2.75, 3.05) is 31.8 Å². The Balaban J connectivity index is 1.98. The fourth-order valence-electron chi connectivity index (χ4n) is 2.86. The number of nitrogens with one attached hydrogen (secondary N) is 1. The zero-order valence-corrected chi connectivity index (χ0v) is 15.6. The Hall–Kier alpha value is -1.86. The van der Waals surface area contributed by atoms with Crippen LogP contribution in [0.2, 0.25) is 0 Å². The summed E-state index contributed by atoms with van der Waals surface area (Å²) in [6.07, 6.45) is 8.43. The molecule has 1 amide bonds. The average molecular weight is 366 g/mol. The van der Waals surface area contributed by atoms with E-state index in [-0.39, 0.29) is 12.5 Å². The molecule has 0 heterocycles. The lowest BCUT2D eigenvalue weighted by Gasteiger charge is -2.21. The summed E-state index contributed by atoms with van der Waals surface area (Å²) >= 11 is 0. The highest BCUT2D eigenvalue weighted by atomic mass is 32.2. The Morgan fingerprint density at radius 3 is 2.68 bits per heavy atom. The predicted molar refractivity (Wildman–Crippen MR) is 99.2 cm³/mol. The molecule has 0 unspecified atom stereocenters.